The summed E-state index contributed by atoms with van der Waals surface area (Å²) < 4.78 is 54.6. The zero-order valence-corrected chi connectivity index (χ0v) is 43.8. The highest BCUT2D eigenvalue weighted by atomic mass is 16.5. The van der Waals surface area contributed by atoms with Gasteiger partial charge in [0.1, 0.15) is 46.0 Å². The van der Waals surface area contributed by atoms with Crippen molar-refractivity contribution in [3.63, 3.8) is 0 Å². The van der Waals surface area contributed by atoms with E-state index in [1.54, 1.807) is 91.0 Å². The van der Waals surface area contributed by atoms with Crippen molar-refractivity contribution in [3.8, 4) is 63.2 Å². The summed E-state index contributed by atoms with van der Waals surface area (Å²) in [5.41, 5.74) is 2.01. The molecule has 0 bridgehead atoms. The molecule has 23 nitrogen and oxygen atoms in total. The van der Waals surface area contributed by atoms with E-state index >= 15 is 0 Å². The summed E-state index contributed by atoms with van der Waals surface area (Å²) in [6, 6.07) is 30.8. The van der Waals surface area contributed by atoms with Crippen LogP contribution in [0.3, 0.4) is 0 Å². The normalized spacial score (nSPS) is 9.51. The predicted molar refractivity (Wildman–Crippen MR) is 290 cm³/mol. The fourth-order valence-corrected chi connectivity index (χ4v) is 6.06. The summed E-state index contributed by atoms with van der Waals surface area (Å²) in [7, 11) is 7.26. The van der Waals surface area contributed by atoms with Crippen molar-refractivity contribution in [2.75, 3.05) is 78.2 Å². The van der Waals surface area contributed by atoms with E-state index in [0.717, 1.165) is 0 Å². The lowest BCUT2D eigenvalue weighted by Crippen LogP contribution is -2.31. The van der Waals surface area contributed by atoms with Crippen LogP contribution in [0.15, 0.2) is 115 Å². The second-order valence-electron chi connectivity index (χ2n) is 14.5. The largest absolute Gasteiger partial charge is 0.497 e. The van der Waals surface area contributed by atoms with Gasteiger partial charge in [0.2, 0.25) is 5.75 Å². The Morgan fingerprint density at radius 1 is 0.237 bits per heavy atom. The number of benzene rings is 6. The molecule has 6 rings (SSSR count). The van der Waals surface area contributed by atoms with E-state index < -0.39 is 42.7 Å². The summed E-state index contributed by atoms with van der Waals surface area (Å²) in [6.07, 6.45) is 0. The zero-order valence-electron chi connectivity index (χ0n) is 43.8. The molecule has 6 aromatic rings. The van der Waals surface area contributed by atoms with Gasteiger partial charge in [-0.2, -0.15) is 0 Å². The summed E-state index contributed by atoms with van der Waals surface area (Å²) >= 11 is 0. The van der Waals surface area contributed by atoms with Gasteiger partial charge in [0.05, 0.1) is 78.2 Å². The number of hydrogen-bond acceptors (Lipinski definition) is 23. The van der Waals surface area contributed by atoms with Crippen LogP contribution in [0.25, 0.3) is 0 Å². The van der Waals surface area contributed by atoms with Crippen LogP contribution in [0, 0.1) is 0 Å². The Morgan fingerprint density at radius 2 is 0.632 bits per heavy atom. The van der Waals surface area contributed by atoms with Gasteiger partial charge in [-0.1, -0.05) is 42.5 Å². The summed E-state index contributed by atoms with van der Waals surface area (Å²) in [5.74, 6) is 5.23. The molecule has 0 aliphatic carbocycles. The second-order valence-corrected chi connectivity index (χ2v) is 14.5. The van der Waals surface area contributed by atoms with Gasteiger partial charge < -0.3 is 112 Å². The maximum absolute atomic E-state index is 9.10. The molecule has 0 unspecified atom stereocenters. The highest BCUT2D eigenvalue weighted by Gasteiger charge is 2.24. The van der Waals surface area contributed by atoms with Crippen molar-refractivity contribution in [1.29, 1.82) is 0 Å². The Morgan fingerprint density at radius 3 is 1.07 bits per heavy atom. The molecule has 0 saturated carbocycles. The van der Waals surface area contributed by atoms with E-state index in [-0.39, 0.29) is 11.2 Å². The average Bonchev–Trinajstić information content (AvgIpc) is 3.44. The molecule has 0 spiro atoms. The van der Waals surface area contributed by atoms with Crippen LogP contribution in [0.4, 0.5) is 0 Å². The first kappa shape index (κ1) is 67.0. The third kappa shape index (κ3) is 22.1. The molecule has 0 heterocycles. The first-order chi connectivity index (χ1) is 36.2. The number of methoxy groups -OCH3 is 11. The van der Waals surface area contributed by atoms with Gasteiger partial charge >= 0.3 is 42.7 Å². The first-order valence-electron chi connectivity index (χ1n) is 22.1. The molecule has 0 radical (unpaired) electrons. The summed E-state index contributed by atoms with van der Waals surface area (Å²) in [6.45, 7) is 0. The number of hydrogen-bond donors (Lipinski definition) is 12. The van der Waals surface area contributed by atoms with Crippen LogP contribution in [-0.2, 0) is 0 Å². The van der Waals surface area contributed by atoms with Crippen LogP contribution in [0.1, 0.15) is 0 Å². The van der Waals surface area contributed by atoms with Crippen molar-refractivity contribution >= 4 is 75.5 Å². The lowest BCUT2D eigenvalue weighted by Gasteiger charge is -2.15. The SMILES string of the molecule is COc1cc(OC)cc(B(O)O)c1.COc1ccc(B(O)O)c(OC)c1.COc1ccc(B(O)O)c(OC)c1OC.COc1ccc(OC)c(B(O)O)c1.COc1cccc(B(O)O)c1.COc1ccccc1B(O)O. The van der Waals surface area contributed by atoms with Crippen LogP contribution in [0.2, 0.25) is 0 Å². The molecule has 12 N–H and O–H groups in total. The molecule has 0 aliphatic rings. The summed E-state index contributed by atoms with van der Waals surface area (Å²) in [5, 5.41) is 107. The predicted octanol–water partition coefficient (Wildman–Crippen LogP) is -3.71. The number of ether oxygens (including phenoxy) is 11. The number of para-hydroxylation sites is 1. The van der Waals surface area contributed by atoms with Crippen molar-refractivity contribution < 1.29 is 112 Å². The van der Waals surface area contributed by atoms with E-state index in [9.17, 15) is 0 Å². The van der Waals surface area contributed by atoms with Gasteiger partial charge in [0.15, 0.2) is 11.5 Å². The molecule has 0 aromatic heterocycles. The molecule has 0 aliphatic heterocycles. The Balaban J connectivity index is 0.000000457. The van der Waals surface area contributed by atoms with Gasteiger partial charge in [-0.05, 0) is 71.6 Å². The molecule has 76 heavy (non-hydrogen) atoms. The van der Waals surface area contributed by atoms with Crippen molar-refractivity contribution in [1.82, 2.24) is 0 Å². The van der Waals surface area contributed by atoms with Crippen molar-refractivity contribution in [2.24, 2.45) is 0 Å². The Hall–Kier alpha value is -6.97. The van der Waals surface area contributed by atoms with E-state index in [0.29, 0.717) is 84.8 Å². The first-order valence-corrected chi connectivity index (χ1v) is 22.1. The third-order valence-electron chi connectivity index (χ3n) is 9.93. The molecule has 6 aromatic carbocycles. The van der Waals surface area contributed by atoms with Crippen LogP contribution in [-0.4, -0.2) is 181 Å². The van der Waals surface area contributed by atoms with Gasteiger partial charge in [-0.3, -0.25) is 0 Å². The van der Waals surface area contributed by atoms with Gasteiger partial charge in [0.25, 0.3) is 0 Å². The van der Waals surface area contributed by atoms with E-state index in [2.05, 4.69) is 0 Å². The average molecular weight is 1060 g/mol. The van der Waals surface area contributed by atoms with Gasteiger partial charge in [0, 0.05) is 34.0 Å². The maximum atomic E-state index is 9.10. The van der Waals surface area contributed by atoms with E-state index in [1.165, 1.54) is 102 Å². The Labute approximate surface area is 443 Å². The highest BCUT2D eigenvalue weighted by molar-refractivity contribution is 6.61. The molecule has 0 fully saturated rings. The Bertz CT molecular complexity index is 2550. The lowest BCUT2D eigenvalue weighted by atomic mass is 9.79. The standard InChI is InChI=1S/C9H13BO5.3C8H11BO4.2C7H9BO3/c1-13-7-5-4-6(10(11)12)8(14-2)9(7)15-3;1-12-7-3-6(9(10)11)4-8(5-7)13-2;1-12-6-3-4-8(13-2)7(5-6)9(10)11;1-12-6-3-4-7(9(10)11)8(5-6)13-2;1-11-7-4-2-3-6(5-7)8(9)10;1-11-7-5-3-2-4-6(7)8(9)10/h4-5,11-12H,1-3H3;3*3-5,10-11H,1-2H3;2*2-5,9-10H,1H3. The van der Waals surface area contributed by atoms with Gasteiger partial charge in [-0.15, -0.1) is 0 Å². The smallest absolute Gasteiger partial charge is 0.492 e. The molecular formula is C47H64B6O23. The van der Waals surface area contributed by atoms with Crippen LogP contribution >= 0.6 is 0 Å². The third-order valence-corrected chi connectivity index (χ3v) is 9.93. The topological polar surface area (TPSA) is 344 Å². The molecule has 0 atom stereocenters. The zero-order chi connectivity index (χ0) is 57.5. The minimum Gasteiger partial charge on any atom is -0.497 e. The number of rotatable bonds is 17. The Kier molecular flexibility index (Phi) is 31.8. The maximum Gasteiger partial charge on any atom is 0.492 e. The lowest BCUT2D eigenvalue weighted by molar-refractivity contribution is 0.324. The van der Waals surface area contributed by atoms with Gasteiger partial charge in [-0.25, -0.2) is 0 Å². The molecule has 0 amide bonds. The molecule has 0 saturated heterocycles. The summed E-state index contributed by atoms with van der Waals surface area (Å²) in [4.78, 5) is 0. The van der Waals surface area contributed by atoms with E-state index in [4.69, 9.17) is 112 Å². The fourth-order valence-electron chi connectivity index (χ4n) is 6.06. The van der Waals surface area contributed by atoms with Crippen molar-refractivity contribution in [2.45, 2.75) is 0 Å². The highest BCUT2D eigenvalue weighted by Crippen LogP contribution is 2.35. The monoisotopic (exact) mass is 1060 g/mol. The molecule has 408 valence electrons. The van der Waals surface area contributed by atoms with Crippen LogP contribution < -0.4 is 84.9 Å². The van der Waals surface area contributed by atoms with E-state index in [1.807, 2.05) is 0 Å². The minimum absolute atomic E-state index is 0.232. The minimum atomic E-state index is -1.61. The quantitative estimate of drug-likeness (QED) is 0.0391. The van der Waals surface area contributed by atoms with Crippen molar-refractivity contribution in [3.05, 3.63) is 115 Å². The molecular weight excluding hydrogens is 997 g/mol. The second kappa shape index (κ2) is 36.1. The molecule has 29 heteroatoms. The fraction of sp³-hybridized carbons (Fsp3) is 0.234. The van der Waals surface area contributed by atoms with Crippen LogP contribution in [0.5, 0.6) is 63.2 Å².